The van der Waals surface area contributed by atoms with E-state index in [1.807, 2.05) is 26.0 Å². The zero-order valence-electron chi connectivity index (χ0n) is 14.2. The van der Waals surface area contributed by atoms with Gasteiger partial charge in [0.05, 0.1) is 12.2 Å². The van der Waals surface area contributed by atoms with Crippen LogP contribution in [0.15, 0.2) is 18.2 Å². The van der Waals surface area contributed by atoms with Gasteiger partial charge in [0.1, 0.15) is 5.75 Å². The lowest BCUT2D eigenvalue weighted by Crippen LogP contribution is -2.25. The second-order valence-electron chi connectivity index (χ2n) is 5.60. The van der Waals surface area contributed by atoms with Gasteiger partial charge in [-0.15, -0.1) is 0 Å². The van der Waals surface area contributed by atoms with E-state index in [0.717, 1.165) is 31.7 Å². The zero-order chi connectivity index (χ0) is 16.5. The first-order valence-electron chi connectivity index (χ1n) is 8.03. The Bertz CT molecular complexity index is 471. The SMILES string of the molecule is CCN(CC)CCCOc1ccc(NC(C)C)c(C(N)=O)c1. The molecular weight excluding hydrogens is 278 g/mol. The first kappa shape index (κ1) is 18.3. The highest BCUT2D eigenvalue weighted by Crippen LogP contribution is 2.22. The molecule has 0 fully saturated rings. The first-order chi connectivity index (χ1) is 10.5. The predicted octanol–water partition coefficient (Wildman–Crippen LogP) is 2.72. The summed E-state index contributed by atoms with van der Waals surface area (Å²) in [5.41, 5.74) is 6.66. The molecule has 5 nitrogen and oxygen atoms in total. The van der Waals surface area contributed by atoms with Gasteiger partial charge in [0.15, 0.2) is 0 Å². The molecule has 1 amide bonds. The van der Waals surface area contributed by atoms with Crippen molar-refractivity contribution in [1.29, 1.82) is 0 Å². The zero-order valence-corrected chi connectivity index (χ0v) is 14.2. The van der Waals surface area contributed by atoms with Gasteiger partial charge in [0, 0.05) is 18.3 Å². The van der Waals surface area contributed by atoms with E-state index in [-0.39, 0.29) is 6.04 Å². The summed E-state index contributed by atoms with van der Waals surface area (Å²) in [5, 5.41) is 3.22. The topological polar surface area (TPSA) is 67.6 Å². The van der Waals surface area contributed by atoms with Gasteiger partial charge in [0.25, 0.3) is 5.91 Å². The maximum atomic E-state index is 11.6. The lowest BCUT2D eigenvalue weighted by atomic mass is 10.1. The van der Waals surface area contributed by atoms with Gasteiger partial charge in [0.2, 0.25) is 0 Å². The average molecular weight is 307 g/mol. The smallest absolute Gasteiger partial charge is 0.250 e. The maximum absolute atomic E-state index is 11.6. The van der Waals surface area contributed by atoms with Crippen molar-refractivity contribution in [3.63, 3.8) is 0 Å². The average Bonchev–Trinajstić information content (AvgIpc) is 2.48. The molecule has 0 atom stereocenters. The molecule has 0 bridgehead atoms. The number of benzene rings is 1. The van der Waals surface area contributed by atoms with Gasteiger partial charge in [-0.2, -0.15) is 0 Å². The number of nitrogens with one attached hydrogen (secondary N) is 1. The van der Waals surface area contributed by atoms with Crippen LogP contribution in [0.25, 0.3) is 0 Å². The summed E-state index contributed by atoms with van der Waals surface area (Å²) in [4.78, 5) is 13.9. The number of nitrogens with two attached hydrogens (primary N) is 1. The Labute approximate surface area is 133 Å². The van der Waals surface area contributed by atoms with Crippen molar-refractivity contribution in [2.45, 2.75) is 40.2 Å². The highest BCUT2D eigenvalue weighted by Gasteiger charge is 2.11. The van der Waals surface area contributed by atoms with Crippen LogP contribution in [0.1, 0.15) is 44.5 Å². The quantitative estimate of drug-likeness (QED) is 0.652. The minimum absolute atomic E-state index is 0.235. The van der Waals surface area contributed by atoms with Crippen LogP contribution in [-0.2, 0) is 0 Å². The molecular formula is C17H29N3O2. The summed E-state index contributed by atoms with van der Waals surface area (Å²) < 4.78 is 5.73. The van der Waals surface area contributed by atoms with Gasteiger partial charge in [-0.25, -0.2) is 0 Å². The van der Waals surface area contributed by atoms with Crippen molar-refractivity contribution in [3.8, 4) is 5.75 Å². The van der Waals surface area contributed by atoms with E-state index in [2.05, 4.69) is 24.1 Å². The minimum atomic E-state index is -0.447. The van der Waals surface area contributed by atoms with E-state index in [1.165, 1.54) is 0 Å². The summed E-state index contributed by atoms with van der Waals surface area (Å²) in [6.07, 6.45) is 0.958. The first-order valence-corrected chi connectivity index (χ1v) is 8.03. The number of nitrogens with zero attached hydrogens (tertiary/aromatic N) is 1. The van der Waals surface area contributed by atoms with Crippen LogP contribution in [-0.4, -0.2) is 43.1 Å². The molecule has 0 saturated carbocycles. The van der Waals surface area contributed by atoms with E-state index < -0.39 is 5.91 Å². The van der Waals surface area contributed by atoms with Crippen molar-refractivity contribution in [2.75, 3.05) is 31.6 Å². The van der Waals surface area contributed by atoms with E-state index in [1.54, 1.807) is 6.07 Å². The Morgan fingerprint density at radius 3 is 2.55 bits per heavy atom. The number of carbonyl (C=O) groups excluding carboxylic acids is 1. The van der Waals surface area contributed by atoms with Crippen LogP contribution >= 0.6 is 0 Å². The molecule has 3 N–H and O–H groups in total. The Morgan fingerprint density at radius 1 is 1.32 bits per heavy atom. The van der Waals surface area contributed by atoms with Crippen molar-refractivity contribution in [2.24, 2.45) is 5.73 Å². The third kappa shape index (κ3) is 5.93. The summed E-state index contributed by atoms with van der Waals surface area (Å²) in [6, 6.07) is 5.66. The van der Waals surface area contributed by atoms with Crippen molar-refractivity contribution >= 4 is 11.6 Å². The molecule has 0 unspecified atom stereocenters. The van der Waals surface area contributed by atoms with Gasteiger partial charge in [-0.3, -0.25) is 4.79 Å². The monoisotopic (exact) mass is 307 g/mol. The van der Waals surface area contributed by atoms with Crippen LogP contribution < -0.4 is 15.8 Å². The number of rotatable bonds is 10. The van der Waals surface area contributed by atoms with Crippen molar-refractivity contribution in [1.82, 2.24) is 4.90 Å². The molecule has 0 spiro atoms. The van der Waals surface area contributed by atoms with Crippen molar-refractivity contribution in [3.05, 3.63) is 23.8 Å². The summed E-state index contributed by atoms with van der Waals surface area (Å²) >= 11 is 0. The fraction of sp³-hybridized carbons (Fsp3) is 0.588. The molecule has 1 rings (SSSR count). The fourth-order valence-electron chi connectivity index (χ4n) is 2.27. The summed E-state index contributed by atoms with van der Waals surface area (Å²) in [5.74, 6) is 0.236. The lowest BCUT2D eigenvalue weighted by Gasteiger charge is -2.18. The molecule has 0 aliphatic carbocycles. The highest BCUT2D eigenvalue weighted by molar-refractivity contribution is 5.99. The van der Waals surface area contributed by atoms with Crippen LogP contribution in [0.4, 0.5) is 5.69 Å². The number of amides is 1. The third-order valence-electron chi connectivity index (χ3n) is 3.48. The fourth-order valence-corrected chi connectivity index (χ4v) is 2.27. The molecule has 5 heteroatoms. The highest BCUT2D eigenvalue weighted by atomic mass is 16.5. The maximum Gasteiger partial charge on any atom is 0.250 e. The summed E-state index contributed by atoms with van der Waals surface area (Å²) in [7, 11) is 0. The molecule has 22 heavy (non-hydrogen) atoms. The molecule has 1 aromatic rings. The molecule has 124 valence electrons. The third-order valence-corrected chi connectivity index (χ3v) is 3.48. The molecule has 0 saturated heterocycles. The Morgan fingerprint density at radius 2 is 2.00 bits per heavy atom. The largest absolute Gasteiger partial charge is 0.494 e. The summed E-state index contributed by atoms with van der Waals surface area (Å²) in [6.45, 7) is 12.1. The molecule has 0 aliphatic heterocycles. The number of carbonyl (C=O) groups is 1. The molecule has 0 radical (unpaired) electrons. The number of hydrogen-bond acceptors (Lipinski definition) is 4. The minimum Gasteiger partial charge on any atom is -0.494 e. The van der Waals surface area contributed by atoms with Crippen LogP contribution in [0, 0.1) is 0 Å². The van der Waals surface area contributed by atoms with Crippen LogP contribution in [0.2, 0.25) is 0 Å². The van der Waals surface area contributed by atoms with Crippen molar-refractivity contribution < 1.29 is 9.53 Å². The van der Waals surface area contributed by atoms with Gasteiger partial charge in [-0.05, 0) is 51.6 Å². The predicted molar refractivity (Wildman–Crippen MR) is 91.6 cm³/mol. The molecule has 0 aromatic heterocycles. The van der Waals surface area contributed by atoms with Crippen LogP contribution in [0.3, 0.4) is 0 Å². The number of anilines is 1. The second kappa shape index (κ2) is 9.30. The number of ether oxygens (including phenoxy) is 1. The standard InChI is InChI=1S/C17H29N3O2/c1-5-20(6-2)10-7-11-22-14-8-9-16(19-13(3)4)15(12-14)17(18)21/h8-9,12-13,19H,5-7,10-11H2,1-4H3,(H2,18,21). The normalized spacial score (nSPS) is 11.0. The number of primary amides is 1. The van der Waals surface area contributed by atoms with Gasteiger partial charge in [-0.1, -0.05) is 13.8 Å². The van der Waals surface area contributed by atoms with Gasteiger partial charge >= 0.3 is 0 Å². The van der Waals surface area contributed by atoms with Gasteiger partial charge < -0.3 is 20.7 Å². The molecule has 0 heterocycles. The lowest BCUT2D eigenvalue weighted by molar-refractivity contribution is 0.100. The van der Waals surface area contributed by atoms with E-state index >= 15 is 0 Å². The van der Waals surface area contributed by atoms with E-state index in [9.17, 15) is 4.79 Å². The van der Waals surface area contributed by atoms with Crippen LogP contribution in [0.5, 0.6) is 5.75 Å². The van der Waals surface area contributed by atoms with E-state index in [0.29, 0.717) is 17.9 Å². The number of hydrogen-bond donors (Lipinski definition) is 2. The Balaban J connectivity index is 2.61. The Hall–Kier alpha value is -1.75. The molecule has 1 aromatic carbocycles. The van der Waals surface area contributed by atoms with E-state index in [4.69, 9.17) is 10.5 Å². The Kier molecular flexibility index (Phi) is 7.74. The molecule has 0 aliphatic rings. The second-order valence-corrected chi connectivity index (χ2v) is 5.60.